The molecule has 4 nitrogen and oxygen atoms in total. The van der Waals surface area contributed by atoms with E-state index >= 15 is 0 Å². The second-order valence-corrected chi connectivity index (χ2v) is 3.77. The zero-order chi connectivity index (χ0) is 11.4. The Kier molecular flexibility index (Phi) is 4.09. The van der Waals surface area contributed by atoms with Crippen LogP contribution in [0.15, 0.2) is 22.7 Å². The molecule has 2 N–H and O–H groups in total. The molecule has 80 valence electrons. The maximum Gasteiger partial charge on any atom is 0.170 e. The summed E-state index contributed by atoms with van der Waals surface area (Å²) in [6, 6.07) is 6.41. The van der Waals surface area contributed by atoms with Gasteiger partial charge in [0.1, 0.15) is 11.9 Å². The van der Waals surface area contributed by atoms with Crippen molar-refractivity contribution < 1.29 is 14.9 Å². The third-order valence-corrected chi connectivity index (χ3v) is 2.57. The van der Waals surface area contributed by atoms with E-state index in [4.69, 9.17) is 15.1 Å². The molecule has 0 aliphatic heterocycles. The number of rotatable bonds is 3. The highest BCUT2D eigenvalue weighted by Gasteiger charge is 2.18. The third kappa shape index (κ3) is 2.69. The lowest BCUT2D eigenvalue weighted by atomic mass is 10.1. The molecule has 0 fully saturated rings. The van der Waals surface area contributed by atoms with Gasteiger partial charge in [-0.3, -0.25) is 0 Å². The number of ether oxygens (including phenoxy) is 1. The zero-order valence-electron chi connectivity index (χ0n) is 8.01. The van der Waals surface area contributed by atoms with E-state index in [0.717, 1.165) is 0 Å². The fraction of sp³-hybridized carbons (Fsp3) is 0.300. The van der Waals surface area contributed by atoms with Crippen molar-refractivity contribution in [3.05, 3.63) is 28.2 Å². The molecule has 0 saturated carbocycles. The Morgan fingerprint density at radius 2 is 2.13 bits per heavy atom. The highest BCUT2D eigenvalue weighted by Crippen LogP contribution is 2.28. The summed E-state index contributed by atoms with van der Waals surface area (Å²) >= 11 is 3.25. The number of hydrogen-bond donors (Lipinski definition) is 2. The highest BCUT2D eigenvalue weighted by molar-refractivity contribution is 9.10. The van der Waals surface area contributed by atoms with Gasteiger partial charge in [-0.1, -0.05) is 6.07 Å². The summed E-state index contributed by atoms with van der Waals surface area (Å²) < 4.78 is 5.67. The number of aliphatic hydroxyl groups is 2. The van der Waals surface area contributed by atoms with Gasteiger partial charge in [0, 0.05) is 0 Å². The normalized spacial score (nSPS) is 14.1. The van der Waals surface area contributed by atoms with Crippen LogP contribution in [0.1, 0.15) is 11.7 Å². The molecule has 0 radical (unpaired) electrons. The van der Waals surface area contributed by atoms with Crippen LogP contribution in [-0.4, -0.2) is 23.4 Å². The van der Waals surface area contributed by atoms with E-state index in [9.17, 15) is 5.11 Å². The molecule has 2 atom stereocenters. The molecule has 1 aromatic rings. The summed E-state index contributed by atoms with van der Waals surface area (Å²) in [6.07, 6.45) is -2.64. The van der Waals surface area contributed by atoms with Gasteiger partial charge in [0.05, 0.1) is 17.7 Å². The second kappa shape index (κ2) is 5.12. The first-order valence-corrected chi connectivity index (χ1v) is 4.98. The summed E-state index contributed by atoms with van der Waals surface area (Å²) in [6.45, 7) is 0. The smallest absolute Gasteiger partial charge is 0.170 e. The number of methoxy groups -OCH3 is 1. The van der Waals surface area contributed by atoms with Crippen molar-refractivity contribution in [1.29, 1.82) is 5.26 Å². The topological polar surface area (TPSA) is 73.5 Å². The van der Waals surface area contributed by atoms with E-state index in [1.807, 2.05) is 0 Å². The second-order valence-electron chi connectivity index (χ2n) is 2.91. The van der Waals surface area contributed by atoms with Gasteiger partial charge in [-0.2, -0.15) is 5.26 Å². The Labute approximate surface area is 95.9 Å². The lowest BCUT2D eigenvalue weighted by molar-refractivity contribution is 0.0527. The van der Waals surface area contributed by atoms with E-state index < -0.39 is 12.2 Å². The average molecular weight is 272 g/mol. The molecule has 0 aliphatic carbocycles. The lowest BCUT2D eigenvalue weighted by Crippen LogP contribution is -2.15. The zero-order valence-corrected chi connectivity index (χ0v) is 9.60. The van der Waals surface area contributed by atoms with E-state index in [1.54, 1.807) is 24.3 Å². The summed E-state index contributed by atoms with van der Waals surface area (Å²) in [5, 5.41) is 27.1. The molecule has 2 unspecified atom stereocenters. The number of hydrogen-bond acceptors (Lipinski definition) is 4. The van der Waals surface area contributed by atoms with Gasteiger partial charge in [0.25, 0.3) is 0 Å². The fourth-order valence-corrected chi connectivity index (χ4v) is 1.68. The summed E-state index contributed by atoms with van der Waals surface area (Å²) in [7, 11) is 1.53. The Morgan fingerprint density at radius 3 is 2.60 bits per heavy atom. The van der Waals surface area contributed by atoms with Crippen LogP contribution in [0.25, 0.3) is 0 Å². The van der Waals surface area contributed by atoms with Crippen LogP contribution in [0, 0.1) is 11.3 Å². The molecule has 0 bridgehead atoms. The molecule has 0 aromatic heterocycles. The molecule has 15 heavy (non-hydrogen) atoms. The molecular weight excluding hydrogens is 262 g/mol. The number of nitriles is 1. The maximum atomic E-state index is 9.54. The van der Waals surface area contributed by atoms with Crippen molar-refractivity contribution in [2.75, 3.05) is 7.11 Å². The van der Waals surface area contributed by atoms with Crippen molar-refractivity contribution in [2.45, 2.75) is 12.2 Å². The predicted octanol–water partition coefficient (Wildman–Crippen LogP) is 1.38. The molecule has 1 rings (SSSR count). The van der Waals surface area contributed by atoms with Gasteiger partial charge in [-0.05, 0) is 33.6 Å². The molecule has 5 heteroatoms. The van der Waals surface area contributed by atoms with Crippen LogP contribution >= 0.6 is 15.9 Å². The monoisotopic (exact) mass is 271 g/mol. The number of halogens is 1. The molecule has 0 aliphatic rings. The Morgan fingerprint density at radius 1 is 1.47 bits per heavy atom. The number of aliphatic hydroxyl groups excluding tert-OH is 2. The number of benzene rings is 1. The predicted molar refractivity (Wildman–Crippen MR) is 57.3 cm³/mol. The van der Waals surface area contributed by atoms with Crippen LogP contribution in [0.5, 0.6) is 5.75 Å². The average Bonchev–Trinajstić information content (AvgIpc) is 2.26. The van der Waals surface area contributed by atoms with Crippen molar-refractivity contribution in [3.63, 3.8) is 0 Å². The molecular formula is C10H10BrNO3. The minimum Gasteiger partial charge on any atom is -0.496 e. The van der Waals surface area contributed by atoms with Gasteiger partial charge in [0.15, 0.2) is 6.10 Å². The summed E-state index contributed by atoms with van der Waals surface area (Å²) in [4.78, 5) is 0. The third-order valence-electron chi connectivity index (χ3n) is 1.95. The molecule has 0 saturated heterocycles. The van der Waals surface area contributed by atoms with Crippen molar-refractivity contribution in [2.24, 2.45) is 0 Å². The molecule has 1 aromatic carbocycles. The fourth-order valence-electron chi connectivity index (χ4n) is 1.12. The Bertz CT molecular complexity index is 389. The molecule has 0 amide bonds. The first-order valence-electron chi connectivity index (χ1n) is 4.19. The SMILES string of the molecule is COc1ccc(C(O)C(O)C#N)cc1Br. The van der Waals surface area contributed by atoms with E-state index in [2.05, 4.69) is 15.9 Å². The first-order chi connectivity index (χ1) is 7.10. The number of nitrogens with zero attached hydrogens (tertiary/aromatic N) is 1. The quantitative estimate of drug-likeness (QED) is 0.815. The molecule has 0 heterocycles. The highest BCUT2D eigenvalue weighted by atomic mass is 79.9. The van der Waals surface area contributed by atoms with Crippen LogP contribution in [0.3, 0.4) is 0 Å². The van der Waals surface area contributed by atoms with Crippen LogP contribution in [0.2, 0.25) is 0 Å². The van der Waals surface area contributed by atoms with Crippen molar-refractivity contribution in [1.82, 2.24) is 0 Å². The van der Waals surface area contributed by atoms with Crippen molar-refractivity contribution >= 4 is 15.9 Å². The standard InChI is InChI=1S/C10H10BrNO3/c1-15-9-3-2-6(4-7(9)11)10(14)8(13)5-12/h2-4,8,10,13-14H,1H3. The maximum absolute atomic E-state index is 9.54. The van der Waals surface area contributed by atoms with Crippen molar-refractivity contribution in [3.8, 4) is 11.8 Å². The van der Waals surface area contributed by atoms with Gasteiger partial charge in [-0.25, -0.2) is 0 Å². The van der Waals surface area contributed by atoms with Gasteiger partial charge < -0.3 is 14.9 Å². The van der Waals surface area contributed by atoms with E-state index in [1.165, 1.54) is 7.11 Å². The molecule has 0 spiro atoms. The first kappa shape index (κ1) is 12.0. The minimum atomic E-state index is -1.43. The van der Waals surface area contributed by atoms with Gasteiger partial charge >= 0.3 is 0 Å². The minimum absolute atomic E-state index is 0.455. The Hall–Kier alpha value is -1.09. The van der Waals surface area contributed by atoms with E-state index in [0.29, 0.717) is 15.8 Å². The largest absolute Gasteiger partial charge is 0.496 e. The lowest BCUT2D eigenvalue weighted by Gasteiger charge is -2.13. The van der Waals surface area contributed by atoms with Crippen LogP contribution < -0.4 is 4.74 Å². The van der Waals surface area contributed by atoms with Gasteiger partial charge in [0.2, 0.25) is 0 Å². The van der Waals surface area contributed by atoms with E-state index in [-0.39, 0.29) is 0 Å². The van der Waals surface area contributed by atoms with Gasteiger partial charge in [-0.15, -0.1) is 0 Å². The van der Waals surface area contributed by atoms with Crippen LogP contribution in [-0.2, 0) is 0 Å². The Balaban J connectivity index is 2.98. The summed E-state index contributed by atoms with van der Waals surface area (Å²) in [5.74, 6) is 0.623. The van der Waals surface area contributed by atoms with Crippen LogP contribution in [0.4, 0.5) is 0 Å². The summed E-state index contributed by atoms with van der Waals surface area (Å²) in [5.41, 5.74) is 0.455.